The fraction of sp³-hybridized carbons (Fsp3) is 0.364. The fourth-order valence-electron chi connectivity index (χ4n) is 1.37. The summed E-state index contributed by atoms with van der Waals surface area (Å²) in [6.45, 7) is -1.81. The molecule has 0 radical (unpaired) electrons. The van der Waals surface area contributed by atoms with Gasteiger partial charge in [-0.3, -0.25) is 4.79 Å². The highest BCUT2D eigenvalue weighted by atomic mass is 19.3. The van der Waals surface area contributed by atoms with Crippen LogP contribution in [0.2, 0.25) is 0 Å². The zero-order valence-electron chi connectivity index (χ0n) is 8.92. The molecule has 1 aromatic carbocycles. The molecule has 1 rings (SSSR count). The molecule has 1 aromatic rings. The van der Waals surface area contributed by atoms with Crippen LogP contribution in [0.1, 0.15) is 24.5 Å². The van der Waals surface area contributed by atoms with E-state index in [4.69, 9.17) is 0 Å². The van der Waals surface area contributed by atoms with E-state index in [0.29, 0.717) is 0 Å². The van der Waals surface area contributed by atoms with E-state index < -0.39 is 18.6 Å². The van der Waals surface area contributed by atoms with Crippen LogP contribution in [0.5, 0.6) is 5.75 Å². The molecule has 0 atom stereocenters. The third kappa shape index (κ3) is 4.42. The van der Waals surface area contributed by atoms with Crippen molar-refractivity contribution in [3.05, 3.63) is 29.3 Å². The Hall–Kier alpha value is -1.59. The van der Waals surface area contributed by atoms with Gasteiger partial charge in [-0.2, -0.15) is 8.78 Å². The van der Waals surface area contributed by atoms with Gasteiger partial charge < -0.3 is 4.74 Å². The molecule has 6 heteroatoms. The summed E-state index contributed by atoms with van der Waals surface area (Å²) in [4.78, 5) is 10.9. The SMILES string of the molecule is CC(=O)Cc1cc(OC(F)F)cc(C(F)F)c1. The number of carbonyl (C=O) groups excluding carboxylic acids is 1. The fourth-order valence-corrected chi connectivity index (χ4v) is 1.37. The predicted octanol–water partition coefficient (Wildman–Crippen LogP) is 3.36. The molecule has 0 aliphatic carbocycles. The van der Waals surface area contributed by atoms with Crippen LogP contribution in [0.4, 0.5) is 17.6 Å². The highest BCUT2D eigenvalue weighted by Crippen LogP contribution is 2.26. The lowest BCUT2D eigenvalue weighted by atomic mass is 10.1. The molecule has 0 aromatic heterocycles. The normalized spacial score (nSPS) is 11.0. The van der Waals surface area contributed by atoms with Gasteiger partial charge in [-0.15, -0.1) is 0 Å². The minimum Gasteiger partial charge on any atom is -0.435 e. The summed E-state index contributed by atoms with van der Waals surface area (Å²) in [7, 11) is 0. The van der Waals surface area contributed by atoms with Crippen LogP contribution in [-0.4, -0.2) is 12.4 Å². The quantitative estimate of drug-likeness (QED) is 0.749. The lowest BCUT2D eigenvalue weighted by Crippen LogP contribution is -2.04. The number of halogens is 4. The molecule has 0 saturated heterocycles. The van der Waals surface area contributed by atoms with Gasteiger partial charge in [-0.05, 0) is 30.7 Å². The van der Waals surface area contributed by atoms with Crippen LogP contribution in [0.25, 0.3) is 0 Å². The van der Waals surface area contributed by atoms with E-state index in [1.54, 1.807) is 0 Å². The number of Topliss-reactive ketones (excluding diaryl/α,β-unsaturated/α-hetero) is 1. The van der Waals surface area contributed by atoms with E-state index in [2.05, 4.69) is 4.74 Å². The lowest BCUT2D eigenvalue weighted by Gasteiger charge is -2.09. The summed E-state index contributed by atoms with van der Waals surface area (Å²) in [5.41, 5.74) is -0.217. The topological polar surface area (TPSA) is 26.3 Å². The molecule has 94 valence electrons. The molecule has 17 heavy (non-hydrogen) atoms. The number of ether oxygens (including phenoxy) is 1. The van der Waals surface area contributed by atoms with Crippen LogP contribution in [0.15, 0.2) is 18.2 Å². The molecule has 0 amide bonds. The Morgan fingerprint density at radius 2 is 1.88 bits per heavy atom. The third-order valence-corrected chi connectivity index (χ3v) is 1.92. The van der Waals surface area contributed by atoms with Gasteiger partial charge in [-0.1, -0.05) is 0 Å². The summed E-state index contributed by atoms with van der Waals surface area (Å²) in [5.74, 6) is -0.617. The molecular weight excluding hydrogens is 240 g/mol. The number of hydrogen-bond acceptors (Lipinski definition) is 2. The second kappa shape index (κ2) is 5.65. The van der Waals surface area contributed by atoms with Crippen molar-refractivity contribution in [1.29, 1.82) is 0 Å². The Balaban J connectivity index is 3.04. The van der Waals surface area contributed by atoms with Gasteiger partial charge in [0.05, 0.1) is 0 Å². The first-order valence-corrected chi connectivity index (χ1v) is 4.74. The maximum atomic E-state index is 12.5. The van der Waals surface area contributed by atoms with Gasteiger partial charge in [0.15, 0.2) is 0 Å². The Labute approximate surface area is 95.2 Å². The Kier molecular flexibility index (Phi) is 4.48. The number of hydrogen-bond donors (Lipinski definition) is 0. The van der Waals surface area contributed by atoms with E-state index in [0.717, 1.165) is 18.2 Å². The van der Waals surface area contributed by atoms with Gasteiger partial charge in [0.25, 0.3) is 6.43 Å². The van der Waals surface area contributed by atoms with Crippen molar-refractivity contribution in [1.82, 2.24) is 0 Å². The van der Waals surface area contributed by atoms with Crippen LogP contribution in [-0.2, 0) is 11.2 Å². The number of alkyl halides is 4. The molecule has 0 aliphatic heterocycles. The second-order valence-corrected chi connectivity index (χ2v) is 3.47. The average molecular weight is 250 g/mol. The molecule has 0 saturated carbocycles. The monoisotopic (exact) mass is 250 g/mol. The highest BCUT2D eigenvalue weighted by Gasteiger charge is 2.13. The molecule has 0 heterocycles. The summed E-state index contributed by atoms with van der Waals surface area (Å²) < 4.78 is 52.9. The molecule has 0 N–H and O–H groups in total. The van der Waals surface area contributed by atoms with E-state index in [1.165, 1.54) is 6.92 Å². The van der Waals surface area contributed by atoms with Crippen LogP contribution in [0, 0.1) is 0 Å². The Bertz CT molecular complexity index is 404. The van der Waals surface area contributed by atoms with Crippen molar-refractivity contribution in [3.63, 3.8) is 0 Å². The Morgan fingerprint density at radius 3 is 2.35 bits per heavy atom. The van der Waals surface area contributed by atoms with Gasteiger partial charge in [-0.25, -0.2) is 8.78 Å². The average Bonchev–Trinajstić information content (AvgIpc) is 2.14. The van der Waals surface area contributed by atoms with Crippen molar-refractivity contribution in [3.8, 4) is 5.75 Å². The first-order chi connectivity index (χ1) is 7.88. The van der Waals surface area contributed by atoms with E-state index >= 15 is 0 Å². The van der Waals surface area contributed by atoms with E-state index in [9.17, 15) is 22.4 Å². The summed E-state index contributed by atoms with van der Waals surface area (Å²) in [6, 6.07) is 3.09. The maximum absolute atomic E-state index is 12.5. The van der Waals surface area contributed by atoms with Crippen LogP contribution >= 0.6 is 0 Å². The molecule has 2 nitrogen and oxygen atoms in total. The Morgan fingerprint density at radius 1 is 1.24 bits per heavy atom. The van der Waals surface area contributed by atoms with Crippen molar-refractivity contribution < 1.29 is 27.1 Å². The molecule has 0 fully saturated rings. The van der Waals surface area contributed by atoms with Crippen LogP contribution < -0.4 is 4.74 Å². The number of carbonyl (C=O) groups is 1. The standard InChI is InChI=1S/C11H10F4O2/c1-6(16)2-7-3-8(10(12)13)5-9(4-7)17-11(14)15/h3-5,10-11H,2H2,1H3. The first kappa shape index (κ1) is 13.5. The van der Waals surface area contributed by atoms with Gasteiger partial charge >= 0.3 is 6.61 Å². The molecule has 0 unspecified atom stereocenters. The summed E-state index contributed by atoms with van der Waals surface area (Å²) >= 11 is 0. The van der Waals surface area contributed by atoms with Crippen molar-refractivity contribution in [2.24, 2.45) is 0 Å². The molecule has 0 bridgehead atoms. The number of ketones is 1. The smallest absolute Gasteiger partial charge is 0.387 e. The zero-order valence-corrected chi connectivity index (χ0v) is 8.92. The predicted molar refractivity (Wildman–Crippen MR) is 52.4 cm³/mol. The largest absolute Gasteiger partial charge is 0.435 e. The lowest BCUT2D eigenvalue weighted by molar-refractivity contribution is -0.116. The molecule has 0 spiro atoms. The summed E-state index contributed by atoms with van der Waals surface area (Å²) in [6.07, 6.45) is -2.90. The molecular formula is C11H10F4O2. The van der Waals surface area contributed by atoms with Gasteiger partial charge in [0, 0.05) is 12.0 Å². The third-order valence-electron chi connectivity index (χ3n) is 1.92. The minimum absolute atomic E-state index is 0.0971. The van der Waals surface area contributed by atoms with E-state index in [-0.39, 0.29) is 23.5 Å². The second-order valence-electron chi connectivity index (χ2n) is 3.47. The minimum atomic E-state index is -3.09. The van der Waals surface area contributed by atoms with Gasteiger partial charge in [0.1, 0.15) is 11.5 Å². The number of rotatable bonds is 5. The maximum Gasteiger partial charge on any atom is 0.387 e. The van der Waals surface area contributed by atoms with Gasteiger partial charge in [0.2, 0.25) is 0 Å². The van der Waals surface area contributed by atoms with Crippen LogP contribution in [0.3, 0.4) is 0 Å². The first-order valence-electron chi connectivity index (χ1n) is 4.74. The summed E-state index contributed by atoms with van der Waals surface area (Å²) in [5, 5.41) is 0. The highest BCUT2D eigenvalue weighted by molar-refractivity contribution is 5.78. The van der Waals surface area contributed by atoms with Crippen molar-refractivity contribution in [2.45, 2.75) is 26.4 Å². The molecule has 0 aliphatic rings. The van der Waals surface area contributed by atoms with Crippen molar-refractivity contribution in [2.75, 3.05) is 0 Å². The van der Waals surface area contributed by atoms with E-state index in [1.807, 2.05) is 0 Å². The zero-order chi connectivity index (χ0) is 13.0. The number of benzene rings is 1. The van der Waals surface area contributed by atoms with Crippen molar-refractivity contribution >= 4 is 5.78 Å².